The molecule has 2 aromatic rings. The number of esters is 1. The van der Waals surface area contributed by atoms with E-state index < -0.39 is 0 Å². The van der Waals surface area contributed by atoms with Crippen LogP contribution in [0, 0.1) is 0 Å². The minimum atomic E-state index is -0.375. The molecule has 1 aromatic carbocycles. The van der Waals surface area contributed by atoms with Crippen molar-refractivity contribution in [3.63, 3.8) is 0 Å². The zero-order valence-corrected chi connectivity index (χ0v) is 15.4. The number of pyridine rings is 1. The van der Waals surface area contributed by atoms with Gasteiger partial charge in [-0.15, -0.1) is 0 Å². The van der Waals surface area contributed by atoms with Gasteiger partial charge in [-0.3, -0.25) is 4.79 Å². The Hall–Kier alpha value is -3.09. The van der Waals surface area contributed by atoms with E-state index in [4.69, 9.17) is 4.74 Å². The van der Waals surface area contributed by atoms with Gasteiger partial charge >= 0.3 is 5.97 Å². The lowest BCUT2D eigenvalue weighted by atomic mass is 10.2. The van der Waals surface area contributed by atoms with E-state index in [0.717, 1.165) is 24.6 Å². The number of nitrogens with one attached hydrogen (secondary N) is 1. The first-order valence-corrected chi connectivity index (χ1v) is 9.03. The SMILES string of the molecule is COC(=O)c1cccc(NCCC(=O)N2CCN(c3ccccn3)CC2)c1. The Morgan fingerprint density at radius 3 is 2.63 bits per heavy atom. The van der Waals surface area contributed by atoms with E-state index in [1.807, 2.05) is 29.2 Å². The summed E-state index contributed by atoms with van der Waals surface area (Å²) in [7, 11) is 1.36. The quantitative estimate of drug-likeness (QED) is 0.787. The third-order valence-electron chi connectivity index (χ3n) is 4.56. The highest BCUT2D eigenvalue weighted by Crippen LogP contribution is 2.14. The molecule has 0 radical (unpaired) electrons. The highest BCUT2D eigenvalue weighted by atomic mass is 16.5. The second-order valence-electron chi connectivity index (χ2n) is 6.30. The largest absolute Gasteiger partial charge is 0.465 e. The Morgan fingerprint density at radius 1 is 1.11 bits per heavy atom. The maximum absolute atomic E-state index is 12.4. The number of carbonyl (C=O) groups excluding carboxylic acids is 2. The van der Waals surface area contributed by atoms with Crippen molar-refractivity contribution in [1.29, 1.82) is 0 Å². The number of aromatic nitrogens is 1. The predicted molar refractivity (Wildman–Crippen MR) is 104 cm³/mol. The predicted octanol–water partition coefficient (Wildman–Crippen LogP) is 2.02. The van der Waals surface area contributed by atoms with Gasteiger partial charge in [0.1, 0.15) is 5.82 Å². The van der Waals surface area contributed by atoms with E-state index in [9.17, 15) is 9.59 Å². The van der Waals surface area contributed by atoms with Gasteiger partial charge in [0.15, 0.2) is 0 Å². The summed E-state index contributed by atoms with van der Waals surface area (Å²) >= 11 is 0. The molecule has 0 unspecified atom stereocenters. The topological polar surface area (TPSA) is 74.8 Å². The first-order valence-electron chi connectivity index (χ1n) is 9.03. The molecule has 142 valence electrons. The number of amides is 1. The summed E-state index contributed by atoms with van der Waals surface area (Å²) < 4.78 is 4.72. The molecule has 1 fully saturated rings. The Balaban J connectivity index is 1.43. The van der Waals surface area contributed by atoms with E-state index in [-0.39, 0.29) is 11.9 Å². The highest BCUT2D eigenvalue weighted by Gasteiger charge is 2.21. The van der Waals surface area contributed by atoms with Crippen molar-refractivity contribution in [1.82, 2.24) is 9.88 Å². The lowest BCUT2D eigenvalue weighted by Gasteiger charge is -2.35. The Labute approximate surface area is 158 Å². The first kappa shape index (κ1) is 18.7. The van der Waals surface area contributed by atoms with Gasteiger partial charge in [0.25, 0.3) is 0 Å². The fourth-order valence-electron chi connectivity index (χ4n) is 3.07. The van der Waals surface area contributed by atoms with Crippen LogP contribution in [0.1, 0.15) is 16.8 Å². The maximum Gasteiger partial charge on any atom is 0.337 e. The Kier molecular flexibility index (Phi) is 6.25. The van der Waals surface area contributed by atoms with Gasteiger partial charge in [-0.1, -0.05) is 12.1 Å². The number of rotatable bonds is 6. The molecule has 2 heterocycles. The molecule has 27 heavy (non-hydrogen) atoms. The molecular formula is C20H24N4O3. The summed E-state index contributed by atoms with van der Waals surface area (Å²) in [5.41, 5.74) is 1.28. The monoisotopic (exact) mass is 368 g/mol. The van der Waals surface area contributed by atoms with Crippen molar-refractivity contribution in [2.75, 3.05) is 50.1 Å². The van der Waals surface area contributed by atoms with Gasteiger partial charge in [-0.2, -0.15) is 0 Å². The van der Waals surface area contributed by atoms with E-state index >= 15 is 0 Å². The second-order valence-corrected chi connectivity index (χ2v) is 6.30. The number of benzene rings is 1. The number of hydrogen-bond acceptors (Lipinski definition) is 6. The second kappa shape index (κ2) is 9.02. The molecule has 1 aromatic heterocycles. The molecule has 1 N–H and O–H groups in total. The number of hydrogen-bond donors (Lipinski definition) is 1. The van der Waals surface area contributed by atoms with Gasteiger partial charge in [0.05, 0.1) is 12.7 Å². The molecule has 0 spiro atoms. The zero-order chi connectivity index (χ0) is 19.1. The molecular weight excluding hydrogens is 344 g/mol. The van der Waals surface area contributed by atoms with E-state index in [1.54, 1.807) is 24.4 Å². The van der Waals surface area contributed by atoms with Crippen LogP contribution in [0.25, 0.3) is 0 Å². The minimum Gasteiger partial charge on any atom is -0.465 e. The van der Waals surface area contributed by atoms with Crippen molar-refractivity contribution in [2.45, 2.75) is 6.42 Å². The van der Waals surface area contributed by atoms with Crippen molar-refractivity contribution in [3.8, 4) is 0 Å². The average molecular weight is 368 g/mol. The summed E-state index contributed by atoms with van der Waals surface area (Å²) in [5.74, 6) is 0.713. The summed E-state index contributed by atoms with van der Waals surface area (Å²) in [5, 5.41) is 3.19. The summed E-state index contributed by atoms with van der Waals surface area (Å²) in [6.45, 7) is 3.50. The number of carbonyl (C=O) groups is 2. The normalized spacial score (nSPS) is 14.0. The van der Waals surface area contributed by atoms with Gasteiger partial charge < -0.3 is 19.9 Å². The zero-order valence-electron chi connectivity index (χ0n) is 15.4. The Morgan fingerprint density at radius 2 is 1.93 bits per heavy atom. The van der Waals surface area contributed by atoms with Crippen LogP contribution in [0.4, 0.5) is 11.5 Å². The number of piperazine rings is 1. The standard InChI is InChI=1S/C20H24N4O3/c1-27-20(26)16-5-4-6-17(15-16)21-10-8-19(25)24-13-11-23(12-14-24)18-7-2-3-9-22-18/h2-7,9,15,21H,8,10-14H2,1H3. The van der Waals surface area contributed by atoms with E-state index in [0.29, 0.717) is 31.6 Å². The molecule has 1 aliphatic rings. The molecule has 0 bridgehead atoms. The van der Waals surface area contributed by atoms with Crippen LogP contribution in [0.2, 0.25) is 0 Å². The molecule has 0 aliphatic carbocycles. The molecule has 0 atom stereocenters. The van der Waals surface area contributed by atoms with Crippen LogP contribution in [-0.4, -0.2) is 61.6 Å². The molecule has 7 heteroatoms. The number of methoxy groups -OCH3 is 1. The number of anilines is 2. The van der Waals surface area contributed by atoms with Crippen molar-refractivity contribution >= 4 is 23.4 Å². The summed E-state index contributed by atoms with van der Waals surface area (Å²) in [4.78, 5) is 32.4. The smallest absolute Gasteiger partial charge is 0.337 e. The highest BCUT2D eigenvalue weighted by molar-refractivity contribution is 5.90. The van der Waals surface area contributed by atoms with Gasteiger partial charge in [0.2, 0.25) is 5.91 Å². The van der Waals surface area contributed by atoms with Crippen LogP contribution < -0.4 is 10.2 Å². The van der Waals surface area contributed by atoms with Crippen LogP contribution in [0.5, 0.6) is 0 Å². The van der Waals surface area contributed by atoms with Crippen molar-refractivity contribution < 1.29 is 14.3 Å². The number of ether oxygens (including phenoxy) is 1. The third-order valence-corrected chi connectivity index (χ3v) is 4.56. The average Bonchev–Trinajstić information content (AvgIpc) is 2.74. The molecule has 1 aliphatic heterocycles. The van der Waals surface area contributed by atoms with Crippen molar-refractivity contribution in [2.24, 2.45) is 0 Å². The van der Waals surface area contributed by atoms with Crippen LogP contribution in [-0.2, 0) is 9.53 Å². The molecule has 7 nitrogen and oxygen atoms in total. The lowest BCUT2D eigenvalue weighted by molar-refractivity contribution is -0.131. The van der Waals surface area contributed by atoms with Crippen LogP contribution in [0.3, 0.4) is 0 Å². The third kappa shape index (κ3) is 4.97. The van der Waals surface area contributed by atoms with Crippen molar-refractivity contribution in [3.05, 3.63) is 54.2 Å². The van der Waals surface area contributed by atoms with E-state index in [1.165, 1.54) is 7.11 Å². The van der Waals surface area contributed by atoms with Gasteiger partial charge in [0, 0.05) is 51.0 Å². The summed E-state index contributed by atoms with van der Waals surface area (Å²) in [6.07, 6.45) is 2.19. The van der Waals surface area contributed by atoms with Gasteiger partial charge in [-0.05, 0) is 30.3 Å². The Bertz CT molecular complexity index is 774. The fraction of sp³-hybridized carbons (Fsp3) is 0.350. The summed E-state index contributed by atoms with van der Waals surface area (Å²) in [6, 6.07) is 12.9. The molecule has 1 saturated heterocycles. The van der Waals surface area contributed by atoms with Crippen LogP contribution >= 0.6 is 0 Å². The molecule has 1 amide bonds. The lowest BCUT2D eigenvalue weighted by Crippen LogP contribution is -2.49. The van der Waals surface area contributed by atoms with Gasteiger partial charge in [-0.25, -0.2) is 9.78 Å². The van der Waals surface area contributed by atoms with E-state index in [2.05, 4.69) is 15.2 Å². The number of nitrogens with zero attached hydrogens (tertiary/aromatic N) is 3. The first-order chi connectivity index (χ1) is 13.2. The molecule has 3 rings (SSSR count). The van der Waals surface area contributed by atoms with Crippen LogP contribution in [0.15, 0.2) is 48.7 Å². The molecule has 0 saturated carbocycles. The minimum absolute atomic E-state index is 0.132. The fourth-order valence-corrected chi connectivity index (χ4v) is 3.07. The maximum atomic E-state index is 12.4.